The Bertz CT molecular complexity index is 348. The summed E-state index contributed by atoms with van der Waals surface area (Å²) in [6, 6.07) is 0.644. The Balaban J connectivity index is 2.23. The van der Waals surface area contributed by atoms with Gasteiger partial charge in [0, 0.05) is 6.04 Å². The van der Waals surface area contributed by atoms with E-state index in [2.05, 4.69) is 9.55 Å². The van der Waals surface area contributed by atoms with E-state index in [4.69, 9.17) is 0 Å². The molecule has 1 aliphatic carbocycles. The lowest BCUT2D eigenvalue weighted by Crippen LogP contribution is -2.02. The zero-order chi connectivity index (χ0) is 10.1. The molecule has 1 fully saturated rings. The lowest BCUT2D eigenvalue weighted by molar-refractivity contribution is 0.232. The van der Waals surface area contributed by atoms with Crippen molar-refractivity contribution in [2.75, 3.05) is 0 Å². The highest BCUT2D eigenvalue weighted by atomic mass is 16.3. The molecule has 0 bridgehead atoms. The van der Waals surface area contributed by atoms with Crippen LogP contribution in [-0.4, -0.2) is 20.8 Å². The predicted molar refractivity (Wildman–Crippen MR) is 55.8 cm³/mol. The van der Waals surface area contributed by atoms with E-state index < -0.39 is 0 Å². The molecule has 0 spiro atoms. The molecule has 1 unspecified atom stereocenters. The third-order valence-corrected chi connectivity index (χ3v) is 2.67. The van der Waals surface area contributed by atoms with Gasteiger partial charge in [0.15, 0.2) is 0 Å². The Labute approximate surface area is 84.1 Å². The minimum atomic E-state index is -0.377. The Hall–Kier alpha value is -1.09. The van der Waals surface area contributed by atoms with Crippen molar-refractivity contribution in [3.05, 3.63) is 23.8 Å². The van der Waals surface area contributed by atoms with Gasteiger partial charge in [0.25, 0.3) is 0 Å². The molecule has 1 atom stereocenters. The standard InChI is InChI=1S/C11H16N2O/c1-8(9(2)14)5-11-6-12-7-13(11)10-3-4-10/h5-7,9-10,14H,3-4H2,1-2H3. The second kappa shape index (κ2) is 3.58. The summed E-state index contributed by atoms with van der Waals surface area (Å²) in [5, 5.41) is 9.37. The molecule has 1 aliphatic rings. The molecule has 3 nitrogen and oxygen atoms in total. The van der Waals surface area contributed by atoms with Gasteiger partial charge in [-0.25, -0.2) is 4.98 Å². The molecule has 1 aromatic rings. The van der Waals surface area contributed by atoms with Gasteiger partial charge in [-0.3, -0.25) is 0 Å². The highest BCUT2D eigenvalue weighted by Crippen LogP contribution is 2.36. The van der Waals surface area contributed by atoms with Crippen LogP contribution in [0.15, 0.2) is 18.1 Å². The van der Waals surface area contributed by atoms with Crippen LogP contribution in [0.3, 0.4) is 0 Å². The SMILES string of the molecule is CC(=Cc1cncn1C1CC1)C(C)O. The first-order valence-electron chi connectivity index (χ1n) is 5.06. The summed E-state index contributed by atoms with van der Waals surface area (Å²) < 4.78 is 2.19. The summed E-state index contributed by atoms with van der Waals surface area (Å²) in [5.41, 5.74) is 2.08. The number of rotatable bonds is 3. The monoisotopic (exact) mass is 192 g/mol. The minimum Gasteiger partial charge on any atom is -0.389 e. The van der Waals surface area contributed by atoms with E-state index in [1.54, 1.807) is 6.92 Å². The van der Waals surface area contributed by atoms with Crippen LogP contribution in [0.25, 0.3) is 6.08 Å². The van der Waals surface area contributed by atoms with Crippen molar-refractivity contribution in [1.82, 2.24) is 9.55 Å². The Morgan fingerprint density at radius 3 is 3.00 bits per heavy atom. The van der Waals surface area contributed by atoms with Crippen molar-refractivity contribution in [2.45, 2.75) is 38.8 Å². The molecule has 0 amide bonds. The molecule has 0 saturated heterocycles. The van der Waals surface area contributed by atoms with E-state index in [9.17, 15) is 5.11 Å². The largest absolute Gasteiger partial charge is 0.389 e. The van der Waals surface area contributed by atoms with Gasteiger partial charge in [-0.1, -0.05) is 0 Å². The van der Waals surface area contributed by atoms with Gasteiger partial charge < -0.3 is 9.67 Å². The van der Waals surface area contributed by atoms with Crippen LogP contribution in [0, 0.1) is 0 Å². The average Bonchev–Trinajstić information content (AvgIpc) is 2.88. The molecular formula is C11H16N2O. The van der Waals surface area contributed by atoms with E-state index in [0.717, 1.165) is 11.3 Å². The maximum atomic E-state index is 9.37. The fraction of sp³-hybridized carbons (Fsp3) is 0.545. The van der Waals surface area contributed by atoms with Crippen LogP contribution in [-0.2, 0) is 0 Å². The zero-order valence-electron chi connectivity index (χ0n) is 8.64. The summed E-state index contributed by atoms with van der Waals surface area (Å²) in [4.78, 5) is 4.13. The Kier molecular flexibility index (Phi) is 2.42. The number of aromatic nitrogens is 2. The van der Waals surface area contributed by atoms with E-state index in [1.165, 1.54) is 12.8 Å². The molecule has 1 N–H and O–H groups in total. The van der Waals surface area contributed by atoms with E-state index in [-0.39, 0.29) is 6.10 Å². The highest BCUT2D eigenvalue weighted by molar-refractivity contribution is 5.49. The molecule has 0 aromatic carbocycles. The van der Waals surface area contributed by atoms with Gasteiger partial charge in [0.1, 0.15) is 0 Å². The number of hydrogen-bond donors (Lipinski definition) is 1. The van der Waals surface area contributed by atoms with E-state index >= 15 is 0 Å². The molecule has 1 aromatic heterocycles. The summed E-state index contributed by atoms with van der Waals surface area (Å²) in [6.07, 6.45) is 7.87. The zero-order valence-corrected chi connectivity index (χ0v) is 8.64. The van der Waals surface area contributed by atoms with Gasteiger partial charge in [0.05, 0.1) is 24.3 Å². The Morgan fingerprint density at radius 1 is 1.71 bits per heavy atom. The van der Waals surface area contributed by atoms with E-state index in [1.807, 2.05) is 25.5 Å². The summed E-state index contributed by atoms with van der Waals surface area (Å²) in [7, 11) is 0. The molecule has 2 rings (SSSR count). The van der Waals surface area contributed by atoms with Crippen molar-refractivity contribution in [3.8, 4) is 0 Å². The predicted octanol–water partition coefficient (Wildman–Crippen LogP) is 2.00. The summed E-state index contributed by atoms with van der Waals surface area (Å²) >= 11 is 0. The second-order valence-corrected chi connectivity index (χ2v) is 4.02. The van der Waals surface area contributed by atoms with Crippen LogP contribution >= 0.6 is 0 Å². The third kappa shape index (κ3) is 1.87. The first kappa shape index (κ1) is 9.46. The number of aliphatic hydroxyl groups is 1. The van der Waals surface area contributed by atoms with Crippen molar-refractivity contribution in [1.29, 1.82) is 0 Å². The van der Waals surface area contributed by atoms with E-state index in [0.29, 0.717) is 6.04 Å². The molecule has 0 aliphatic heterocycles. The maximum absolute atomic E-state index is 9.37. The van der Waals surface area contributed by atoms with Gasteiger partial charge in [-0.05, 0) is 38.3 Å². The van der Waals surface area contributed by atoms with Crippen LogP contribution in [0.2, 0.25) is 0 Å². The fourth-order valence-electron chi connectivity index (χ4n) is 1.44. The Morgan fingerprint density at radius 2 is 2.43 bits per heavy atom. The first-order valence-corrected chi connectivity index (χ1v) is 5.06. The van der Waals surface area contributed by atoms with Crippen LogP contribution in [0.5, 0.6) is 0 Å². The summed E-state index contributed by atoms with van der Waals surface area (Å²) in [5.74, 6) is 0. The van der Waals surface area contributed by atoms with Crippen LogP contribution < -0.4 is 0 Å². The molecule has 14 heavy (non-hydrogen) atoms. The molecule has 1 saturated carbocycles. The number of nitrogens with zero attached hydrogens (tertiary/aromatic N) is 2. The number of hydrogen-bond acceptors (Lipinski definition) is 2. The second-order valence-electron chi connectivity index (χ2n) is 4.02. The van der Waals surface area contributed by atoms with Gasteiger partial charge in [0.2, 0.25) is 0 Å². The lowest BCUT2D eigenvalue weighted by atomic mass is 10.1. The molecule has 0 radical (unpaired) electrons. The van der Waals surface area contributed by atoms with Crippen molar-refractivity contribution < 1.29 is 5.11 Å². The van der Waals surface area contributed by atoms with Gasteiger partial charge in [-0.2, -0.15) is 0 Å². The number of aliphatic hydroxyl groups excluding tert-OH is 1. The minimum absolute atomic E-state index is 0.377. The first-order chi connectivity index (χ1) is 6.68. The number of imidazole rings is 1. The lowest BCUT2D eigenvalue weighted by Gasteiger charge is -2.06. The van der Waals surface area contributed by atoms with Crippen LogP contribution in [0.1, 0.15) is 38.4 Å². The molecular weight excluding hydrogens is 176 g/mol. The van der Waals surface area contributed by atoms with Crippen molar-refractivity contribution in [3.63, 3.8) is 0 Å². The average molecular weight is 192 g/mol. The van der Waals surface area contributed by atoms with Gasteiger partial charge in [-0.15, -0.1) is 0 Å². The highest BCUT2D eigenvalue weighted by Gasteiger charge is 2.24. The fourth-order valence-corrected chi connectivity index (χ4v) is 1.44. The molecule has 3 heteroatoms. The quantitative estimate of drug-likeness (QED) is 0.795. The molecule has 76 valence electrons. The molecule has 1 heterocycles. The normalized spacial score (nSPS) is 19.8. The topological polar surface area (TPSA) is 38.0 Å². The van der Waals surface area contributed by atoms with Crippen molar-refractivity contribution in [2.24, 2.45) is 0 Å². The van der Waals surface area contributed by atoms with Gasteiger partial charge >= 0.3 is 0 Å². The summed E-state index contributed by atoms with van der Waals surface area (Å²) in [6.45, 7) is 3.72. The van der Waals surface area contributed by atoms with Crippen LogP contribution in [0.4, 0.5) is 0 Å². The van der Waals surface area contributed by atoms with Crippen molar-refractivity contribution >= 4 is 6.08 Å². The maximum Gasteiger partial charge on any atom is 0.0953 e. The third-order valence-electron chi connectivity index (χ3n) is 2.67. The smallest absolute Gasteiger partial charge is 0.0953 e.